The van der Waals surface area contributed by atoms with Gasteiger partial charge in [0.1, 0.15) is 34.0 Å². The van der Waals surface area contributed by atoms with Crippen molar-refractivity contribution < 1.29 is 19.1 Å². The topological polar surface area (TPSA) is 92.9 Å². The van der Waals surface area contributed by atoms with Crippen LogP contribution in [0.2, 0.25) is 0 Å². The molecule has 0 saturated carbocycles. The first-order valence-corrected chi connectivity index (χ1v) is 11.6. The Balaban J connectivity index is 1.69. The maximum atomic E-state index is 13.2. The van der Waals surface area contributed by atoms with Crippen molar-refractivity contribution in [3.8, 4) is 22.8 Å². The van der Waals surface area contributed by atoms with Crippen molar-refractivity contribution in [3.63, 3.8) is 0 Å². The molecule has 1 aliphatic rings. The molecular weight excluding hydrogens is 456 g/mol. The zero-order valence-electron chi connectivity index (χ0n) is 19.7. The van der Waals surface area contributed by atoms with E-state index in [1.54, 1.807) is 0 Å². The number of rotatable bonds is 3. The number of esters is 1. The number of aromatic nitrogens is 1. The lowest BCUT2D eigenvalue weighted by molar-refractivity contribution is -0.135. The molecule has 36 heavy (non-hydrogen) atoms. The smallest absolute Gasteiger partial charge is 0.312 e. The lowest BCUT2D eigenvalue weighted by atomic mass is 9.84. The van der Waals surface area contributed by atoms with Crippen LogP contribution in [0.3, 0.4) is 0 Å². The molecule has 1 aliphatic heterocycles. The van der Waals surface area contributed by atoms with E-state index in [2.05, 4.69) is 0 Å². The Kier molecular flexibility index (Phi) is 5.00. The van der Waals surface area contributed by atoms with Crippen LogP contribution in [-0.2, 0) is 4.79 Å². The van der Waals surface area contributed by atoms with E-state index in [0.717, 1.165) is 22.0 Å². The summed E-state index contributed by atoms with van der Waals surface area (Å²) in [4.78, 5) is 32.7. The molecule has 0 amide bonds. The highest BCUT2D eigenvalue weighted by atomic mass is 16.5. The van der Waals surface area contributed by atoms with Gasteiger partial charge in [-0.25, -0.2) is 4.98 Å². The average Bonchev–Trinajstić information content (AvgIpc) is 2.87. The number of phenols is 1. The molecule has 0 spiro atoms. The van der Waals surface area contributed by atoms with E-state index in [0.29, 0.717) is 17.1 Å². The summed E-state index contributed by atoms with van der Waals surface area (Å²) < 4.78 is 11.8. The summed E-state index contributed by atoms with van der Waals surface area (Å²) in [6.45, 7) is 0. The number of benzene rings is 3. The van der Waals surface area contributed by atoms with E-state index >= 15 is 0 Å². The van der Waals surface area contributed by atoms with Crippen molar-refractivity contribution >= 4 is 33.7 Å². The third kappa shape index (κ3) is 3.48. The standard InChI is InChI=1S/C29H22N2O5/c1-31(2)29-19(12-17-10-6-7-11-20(17)30-29)18-13-25(34)35-24-15-22(33)27-21(32)14-23(36-28(27)26(18)24)16-8-4-3-5-9-16/h3-12,14-15,18,33H,13H2,1-2H3/t18-/m0/s1. The highest BCUT2D eigenvalue weighted by Gasteiger charge is 2.35. The van der Waals surface area contributed by atoms with Gasteiger partial charge in [0.15, 0.2) is 5.43 Å². The number of fused-ring (bicyclic) bond motifs is 4. The summed E-state index contributed by atoms with van der Waals surface area (Å²) in [5.74, 6) is -0.00984. The van der Waals surface area contributed by atoms with E-state index in [-0.39, 0.29) is 34.3 Å². The second-order valence-electron chi connectivity index (χ2n) is 9.07. The van der Waals surface area contributed by atoms with Gasteiger partial charge in [-0.05, 0) is 12.1 Å². The van der Waals surface area contributed by atoms with Crippen LogP contribution in [0.25, 0.3) is 33.2 Å². The largest absolute Gasteiger partial charge is 0.507 e. The van der Waals surface area contributed by atoms with Gasteiger partial charge in [-0.3, -0.25) is 9.59 Å². The Bertz CT molecular complexity index is 1720. The fourth-order valence-corrected chi connectivity index (χ4v) is 4.91. The number of aromatic hydroxyl groups is 1. The number of para-hydroxylation sites is 1. The number of anilines is 1. The van der Waals surface area contributed by atoms with Crippen molar-refractivity contribution in [1.82, 2.24) is 4.98 Å². The van der Waals surface area contributed by atoms with Crippen LogP contribution in [0.1, 0.15) is 23.5 Å². The number of carbonyl (C=O) groups excluding carboxylic acids is 1. The first kappa shape index (κ1) is 21.9. The van der Waals surface area contributed by atoms with Gasteiger partial charge in [0.05, 0.1) is 11.9 Å². The van der Waals surface area contributed by atoms with E-state index in [9.17, 15) is 14.7 Å². The third-order valence-corrected chi connectivity index (χ3v) is 6.51. The normalized spacial score (nSPS) is 15.1. The molecule has 0 radical (unpaired) electrons. The number of pyridine rings is 1. The van der Waals surface area contributed by atoms with E-state index in [1.165, 1.54) is 12.1 Å². The molecule has 1 atom stereocenters. The molecule has 6 rings (SSSR count). The van der Waals surface area contributed by atoms with Gasteiger partial charge in [0, 0.05) is 54.2 Å². The van der Waals surface area contributed by atoms with Crippen molar-refractivity contribution in [2.75, 3.05) is 19.0 Å². The van der Waals surface area contributed by atoms with Crippen LogP contribution in [0.15, 0.2) is 82.0 Å². The number of carbonyl (C=O) groups is 1. The second-order valence-corrected chi connectivity index (χ2v) is 9.07. The SMILES string of the molecule is CN(C)c1nc2ccccc2cc1[C@@H]1CC(=O)Oc2cc(O)c3c(=O)cc(-c4ccccc4)oc3c21. The van der Waals surface area contributed by atoms with Crippen LogP contribution in [0.5, 0.6) is 11.5 Å². The minimum atomic E-state index is -0.506. The predicted octanol–water partition coefficient (Wildman–Crippen LogP) is 5.22. The number of phenolic OH excluding ortho intramolecular Hbond substituents is 1. The van der Waals surface area contributed by atoms with Crippen LogP contribution >= 0.6 is 0 Å². The van der Waals surface area contributed by atoms with Gasteiger partial charge in [-0.15, -0.1) is 0 Å². The Morgan fingerprint density at radius 3 is 2.50 bits per heavy atom. The molecule has 0 fully saturated rings. The number of hydrogen-bond acceptors (Lipinski definition) is 7. The number of nitrogens with zero attached hydrogens (tertiary/aromatic N) is 2. The highest BCUT2D eigenvalue weighted by molar-refractivity contribution is 5.94. The Morgan fingerprint density at radius 2 is 1.72 bits per heavy atom. The fraction of sp³-hybridized carbons (Fsp3) is 0.138. The molecule has 3 heterocycles. The number of ether oxygens (including phenoxy) is 1. The molecule has 0 saturated heterocycles. The van der Waals surface area contributed by atoms with Crippen LogP contribution < -0.4 is 15.1 Å². The van der Waals surface area contributed by atoms with Gasteiger partial charge >= 0.3 is 5.97 Å². The van der Waals surface area contributed by atoms with E-state index in [4.69, 9.17) is 14.1 Å². The lowest BCUT2D eigenvalue weighted by Gasteiger charge is -2.28. The molecule has 7 heteroatoms. The minimum Gasteiger partial charge on any atom is -0.507 e. The van der Waals surface area contributed by atoms with Gasteiger partial charge < -0.3 is 19.2 Å². The van der Waals surface area contributed by atoms with E-state index in [1.807, 2.05) is 79.7 Å². The van der Waals surface area contributed by atoms with Crippen molar-refractivity contribution in [3.05, 3.63) is 94.1 Å². The monoisotopic (exact) mass is 478 g/mol. The highest BCUT2D eigenvalue weighted by Crippen LogP contribution is 2.47. The molecule has 3 aromatic carbocycles. The maximum Gasteiger partial charge on any atom is 0.312 e. The number of hydrogen-bond donors (Lipinski definition) is 1. The Morgan fingerprint density at radius 1 is 0.972 bits per heavy atom. The molecule has 178 valence electrons. The first-order chi connectivity index (χ1) is 17.4. The molecular formula is C29H22N2O5. The van der Waals surface area contributed by atoms with Gasteiger partial charge in [-0.1, -0.05) is 48.5 Å². The summed E-state index contributed by atoms with van der Waals surface area (Å²) >= 11 is 0. The third-order valence-electron chi connectivity index (χ3n) is 6.51. The van der Waals surface area contributed by atoms with Gasteiger partial charge in [-0.2, -0.15) is 0 Å². The van der Waals surface area contributed by atoms with Gasteiger partial charge in [0.2, 0.25) is 0 Å². The van der Waals surface area contributed by atoms with E-state index < -0.39 is 11.9 Å². The molecule has 7 nitrogen and oxygen atoms in total. The van der Waals surface area contributed by atoms with Crippen molar-refractivity contribution in [2.24, 2.45) is 0 Å². The molecule has 1 N–H and O–H groups in total. The predicted molar refractivity (Wildman–Crippen MR) is 138 cm³/mol. The molecule has 2 aromatic heterocycles. The maximum absolute atomic E-state index is 13.2. The molecule has 0 unspecified atom stereocenters. The first-order valence-electron chi connectivity index (χ1n) is 11.6. The zero-order chi connectivity index (χ0) is 25.0. The van der Waals surface area contributed by atoms with Crippen LogP contribution in [-0.4, -0.2) is 30.2 Å². The summed E-state index contributed by atoms with van der Waals surface area (Å²) in [6.07, 6.45) is 0.0347. The fourth-order valence-electron chi connectivity index (χ4n) is 4.91. The van der Waals surface area contributed by atoms with Gasteiger partial charge in [0.25, 0.3) is 0 Å². The lowest BCUT2D eigenvalue weighted by Crippen LogP contribution is -2.24. The molecule has 0 bridgehead atoms. The Labute approximate surface area is 206 Å². The zero-order valence-corrected chi connectivity index (χ0v) is 19.7. The second kappa shape index (κ2) is 8.23. The summed E-state index contributed by atoms with van der Waals surface area (Å²) in [5, 5.41) is 11.7. The van der Waals surface area contributed by atoms with Crippen molar-refractivity contribution in [2.45, 2.75) is 12.3 Å². The summed E-state index contributed by atoms with van der Waals surface area (Å²) in [7, 11) is 3.79. The van der Waals surface area contributed by atoms with Crippen molar-refractivity contribution in [1.29, 1.82) is 0 Å². The van der Waals surface area contributed by atoms with Crippen LogP contribution in [0.4, 0.5) is 5.82 Å². The summed E-state index contributed by atoms with van der Waals surface area (Å²) in [6, 6.07) is 21.7. The Hall–Kier alpha value is -4.65. The quantitative estimate of drug-likeness (QED) is 0.281. The average molecular weight is 479 g/mol. The molecule has 5 aromatic rings. The minimum absolute atomic E-state index is 0.0347. The summed E-state index contributed by atoms with van der Waals surface area (Å²) in [5.41, 5.74) is 2.72. The van der Waals surface area contributed by atoms with Crippen LogP contribution in [0, 0.1) is 0 Å². The molecule has 0 aliphatic carbocycles.